The first-order valence-electron chi connectivity index (χ1n) is 6.43. The molecule has 0 aromatic heterocycles. The molecule has 0 amide bonds. The number of nitriles is 1. The van der Waals surface area contributed by atoms with E-state index in [1.54, 1.807) is 12.1 Å². The Kier molecular flexibility index (Phi) is 3.23. The second-order valence-corrected chi connectivity index (χ2v) is 6.14. The Morgan fingerprint density at radius 1 is 1.37 bits per heavy atom. The molecule has 1 aromatic rings. The molecule has 1 N–H and O–H groups in total. The van der Waals surface area contributed by atoms with Crippen molar-refractivity contribution in [1.29, 1.82) is 5.26 Å². The molecule has 0 bridgehead atoms. The van der Waals surface area contributed by atoms with Gasteiger partial charge in [0.1, 0.15) is 6.07 Å². The maximum Gasteiger partial charge on any atom is 0.161 e. The van der Waals surface area contributed by atoms with Crippen molar-refractivity contribution in [1.82, 2.24) is 0 Å². The molecule has 3 unspecified atom stereocenters. The summed E-state index contributed by atoms with van der Waals surface area (Å²) in [5, 5.41) is 18.8. The molecule has 3 atom stereocenters. The van der Waals surface area contributed by atoms with Crippen LogP contribution in [-0.2, 0) is 0 Å². The molecule has 100 valence electrons. The van der Waals surface area contributed by atoms with E-state index in [1.165, 1.54) is 0 Å². The largest absolute Gasteiger partial charge is 0.393 e. The predicted molar refractivity (Wildman–Crippen MR) is 73.2 cm³/mol. The molecule has 1 heterocycles. The van der Waals surface area contributed by atoms with Crippen LogP contribution in [0.1, 0.15) is 18.4 Å². The van der Waals surface area contributed by atoms with Gasteiger partial charge in [-0.15, -0.1) is 0 Å². The molecule has 0 spiro atoms. The van der Waals surface area contributed by atoms with Crippen LogP contribution in [0.5, 0.6) is 0 Å². The molecular formula is C14H14BrFN2O. The topological polar surface area (TPSA) is 47.3 Å². The minimum absolute atomic E-state index is 0.227. The lowest BCUT2D eigenvalue weighted by Crippen LogP contribution is -2.25. The fraction of sp³-hybridized carbons (Fsp3) is 0.500. The molecule has 0 radical (unpaired) electrons. The zero-order valence-corrected chi connectivity index (χ0v) is 11.9. The summed E-state index contributed by atoms with van der Waals surface area (Å²) >= 11 is 3.14. The molecule has 1 saturated heterocycles. The summed E-state index contributed by atoms with van der Waals surface area (Å²) in [6.07, 6.45) is 1.63. The molecule has 1 saturated carbocycles. The van der Waals surface area contributed by atoms with Gasteiger partial charge in [0.25, 0.3) is 0 Å². The Hall–Kier alpha value is -1.12. The van der Waals surface area contributed by atoms with Crippen molar-refractivity contribution in [3.8, 4) is 6.07 Å². The summed E-state index contributed by atoms with van der Waals surface area (Å²) < 4.78 is 14.5. The lowest BCUT2D eigenvalue weighted by Gasteiger charge is -2.21. The van der Waals surface area contributed by atoms with E-state index in [4.69, 9.17) is 5.26 Å². The third kappa shape index (κ3) is 2.03. The van der Waals surface area contributed by atoms with Gasteiger partial charge in [-0.3, -0.25) is 0 Å². The number of aliphatic hydroxyl groups excluding tert-OH is 1. The Morgan fingerprint density at radius 3 is 2.84 bits per heavy atom. The van der Waals surface area contributed by atoms with Crippen molar-refractivity contribution in [3.63, 3.8) is 0 Å². The van der Waals surface area contributed by atoms with E-state index < -0.39 is 0 Å². The highest BCUT2D eigenvalue weighted by Crippen LogP contribution is 2.41. The van der Waals surface area contributed by atoms with Crippen LogP contribution >= 0.6 is 15.9 Å². The normalized spacial score (nSPS) is 29.4. The molecule has 1 aliphatic carbocycles. The van der Waals surface area contributed by atoms with Crippen molar-refractivity contribution in [2.24, 2.45) is 11.8 Å². The van der Waals surface area contributed by atoms with Crippen LogP contribution in [0.25, 0.3) is 0 Å². The lowest BCUT2D eigenvalue weighted by molar-refractivity contribution is 0.133. The fourth-order valence-electron chi connectivity index (χ4n) is 3.30. The monoisotopic (exact) mass is 324 g/mol. The zero-order chi connectivity index (χ0) is 13.6. The maximum absolute atomic E-state index is 14.3. The number of fused-ring (bicyclic) bond motifs is 1. The molecule has 1 aliphatic heterocycles. The number of anilines is 1. The van der Waals surface area contributed by atoms with Gasteiger partial charge >= 0.3 is 0 Å². The summed E-state index contributed by atoms with van der Waals surface area (Å²) in [4.78, 5) is 1.99. The number of halogens is 2. The number of hydrogen-bond donors (Lipinski definition) is 1. The van der Waals surface area contributed by atoms with Gasteiger partial charge in [0.2, 0.25) is 0 Å². The number of benzene rings is 1. The molecule has 5 heteroatoms. The lowest BCUT2D eigenvalue weighted by atomic mass is 10.00. The molecule has 3 rings (SSSR count). The van der Waals surface area contributed by atoms with Crippen molar-refractivity contribution >= 4 is 21.6 Å². The van der Waals surface area contributed by atoms with Crippen molar-refractivity contribution in [2.45, 2.75) is 18.9 Å². The average molecular weight is 325 g/mol. The number of nitrogens with zero attached hydrogens (tertiary/aromatic N) is 2. The number of aliphatic hydroxyl groups is 1. The highest BCUT2D eigenvalue weighted by Gasteiger charge is 2.42. The van der Waals surface area contributed by atoms with Crippen molar-refractivity contribution < 1.29 is 9.50 Å². The number of hydrogen-bond acceptors (Lipinski definition) is 3. The van der Waals surface area contributed by atoms with Crippen LogP contribution in [0.4, 0.5) is 10.1 Å². The predicted octanol–water partition coefficient (Wildman–Crippen LogP) is 2.67. The van der Waals surface area contributed by atoms with E-state index in [0.29, 0.717) is 23.7 Å². The van der Waals surface area contributed by atoms with Crippen molar-refractivity contribution in [2.75, 3.05) is 18.0 Å². The SMILES string of the molecule is N#Cc1ccc(N2CC3CCC(O)C3C2)c(F)c1Br. The van der Waals surface area contributed by atoms with Gasteiger partial charge in [-0.25, -0.2) is 4.39 Å². The zero-order valence-electron chi connectivity index (χ0n) is 10.3. The first-order valence-corrected chi connectivity index (χ1v) is 7.22. The molecule has 1 aromatic carbocycles. The first-order chi connectivity index (χ1) is 9.11. The van der Waals surface area contributed by atoms with Crippen LogP contribution in [0, 0.1) is 29.0 Å². The van der Waals surface area contributed by atoms with Gasteiger partial charge in [0.05, 0.1) is 21.8 Å². The summed E-state index contributed by atoms with van der Waals surface area (Å²) in [5.41, 5.74) is 0.827. The Labute approximate surface area is 119 Å². The van der Waals surface area contributed by atoms with Crippen LogP contribution in [-0.4, -0.2) is 24.3 Å². The highest BCUT2D eigenvalue weighted by atomic mass is 79.9. The smallest absolute Gasteiger partial charge is 0.161 e. The quantitative estimate of drug-likeness (QED) is 0.864. The molecule has 3 nitrogen and oxygen atoms in total. The van der Waals surface area contributed by atoms with E-state index in [2.05, 4.69) is 15.9 Å². The molecule has 2 aliphatic rings. The number of rotatable bonds is 1. The van der Waals surface area contributed by atoms with Crippen LogP contribution in [0.3, 0.4) is 0 Å². The first kappa shape index (κ1) is 12.9. The molecule has 2 fully saturated rings. The minimum Gasteiger partial charge on any atom is -0.393 e. The molecular weight excluding hydrogens is 311 g/mol. The third-order valence-electron chi connectivity index (χ3n) is 4.34. The van der Waals surface area contributed by atoms with Gasteiger partial charge in [-0.05, 0) is 46.8 Å². The van der Waals surface area contributed by atoms with Gasteiger partial charge < -0.3 is 10.0 Å². The van der Waals surface area contributed by atoms with E-state index >= 15 is 0 Å². The fourth-order valence-corrected chi connectivity index (χ4v) is 3.73. The van der Waals surface area contributed by atoms with E-state index in [-0.39, 0.29) is 22.3 Å². The minimum atomic E-state index is -0.381. The second kappa shape index (κ2) is 4.77. The highest BCUT2D eigenvalue weighted by molar-refractivity contribution is 9.10. The van der Waals surface area contributed by atoms with E-state index in [0.717, 1.165) is 19.4 Å². The van der Waals surface area contributed by atoms with Crippen molar-refractivity contribution in [3.05, 3.63) is 28.0 Å². The second-order valence-electron chi connectivity index (χ2n) is 5.35. The Morgan fingerprint density at radius 2 is 2.16 bits per heavy atom. The summed E-state index contributed by atoms with van der Waals surface area (Å²) in [6.45, 7) is 1.48. The molecule has 19 heavy (non-hydrogen) atoms. The maximum atomic E-state index is 14.3. The van der Waals surface area contributed by atoms with Crippen LogP contribution in [0.15, 0.2) is 16.6 Å². The third-order valence-corrected chi connectivity index (χ3v) is 5.12. The van der Waals surface area contributed by atoms with E-state index in [1.807, 2.05) is 11.0 Å². The standard InChI is InChI=1S/C14H14BrFN2O/c15-13-8(5-17)1-3-11(14(13)16)18-6-9-2-4-12(19)10(9)7-18/h1,3,9-10,12,19H,2,4,6-7H2. The Balaban J connectivity index is 1.89. The van der Waals surface area contributed by atoms with Crippen LogP contribution in [0.2, 0.25) is 0 Å². The summed E-state index contributed by atoms with van der Waals surface area (Å²) in [5.74, 6) is 0.339. The average Bonchev–Trinajstić information content (AvgIpc) is 2.95. The van der Waals surface area contributed by atoms with Gasteiger partial charge in [0, 0.05) is 19.0 Å². The van der Waals surface area contributed by atoms with Gasteiger partial charge in [-0.2, -0.15) is 5.26 Å². The van der Waals surface area contributed by atoms with Crippen LogP contribution < -0.4 is 4.90 Å². The van der Waals surface area contributed by atoms with Gasteiger partial charge in [0.15, 0.2) is 5.82 Å². The summed E-state index contributed by atoms with van der Waals surface area (Å²) in [7, 11) is 0. The van der Waals surface area contributed by atoms with E-state index in [9.17, 15) is 9.50 Å². The Bertz CT molecular complexity index is 557. The van der Waals surface area contributed by atoms with Gasteiger partial charge in [-0.1, -0.05) is 0 Å². The summed E-state index contributed by atoms with van der Waals surface area (Å²) in [6, 6.07) is 5.25.